The summed E-state index contributed by atoms with van der Waals surface area (Å²) in [7, 11) is -3.05. The quantitative estimate of drug-likeness (QED) is 0.519. The normalized spacial score (nSPS) is 14.4. The van der Waals surface area contributed by atoms with Gasteiger partial charge in [-0.15, -0.1) is 0 Å². The summed E-state index contributed by atoms with van der Waals surface area (Å²) in [6, 6.07) is 9.60. The van der Waals surface area contributed by atoms with Crippen molar-refractivity contribution < 1.29 is 4.43 Å². The molecule has 1 atom stereocenters. The molecule has 0 fully saturated rings. The summed E-state index contributed by atoms with van der Waals surface area (Å²) < 4.78 is 6.04. The van der Waals surface area contributed by atoms with E-state index in [1.807, 2.05) is 0 Å². The van der Waals surface area contributed by atoms with Crippen molar-refractivity contribution in [1.82, 2.24) is 0 Å². The van der Waals surface area contributed by atoms with Crippen LogP contribution in [0.15, 0.2) is 24.3 Å². The van der Waals surface area contributed by atoms with Crippen LogP contribution in [-0.2, 0) is 0 Å². The van der Waals surface area contributed by atoms with Crippen molar-refractivity contribution in [2.24, 2.45) is 0 Å². The number of hydrogen-bond acceptors (Lipinski definition) is 1. The van der Waals surface area contributed by atoms with Gasteiger partial charge in [-0.25, -0.2) is 0 Å². The Bertz CT molecular complexity index is 394. The summed E-state index contributed by atoms with van der Waals surface area (Å²) in [6.45, 7) is 13.3. The van der Waals surface area contributed by atoms with Crippen molar-refractivity contribution in [3.8, 4) is 5.75 Å². The fourth-order valence-corrected chi connectivity index (χ4v) is 5.30. The lowest BCUT2D eigenvalue weighted by molar-refractivity contribution is 0.556. The van der Waals surface area contributed by atoms with E-state index < -0.39 is 15.7 Å². The summed E-state index contributed by atoms with van der Waals surface area (Å²) in [5.41, 5.74) is 1.34. The molecule has 0 N–H and O–H groups in total. The van der Waals surface area contributed by atoms with Gasteiger partial charge in [0.25, 0.3) is 0 Å². The highest BCUT2D eigenvalue weighted by atomic mass is 35.6. The number of benzene rings is 1. The average Bonchev–Trinajstić information content (AvgIpc) is 2.12. The van der Waals surface area contributed by atoms with Gasteiger partial charge in [-0.3, -0.25) is 0 Å². The van der Waals surface area contributed by atoms with E-state index in [-0.39, 0.29) is 0 Å². The predicted octanol–water partition coefficient (Wildman–Crippen LogP) is 5.45. The van der Waals surface area contributed by atoms with Gasteiger partial charge in [0.15, 0.2) is 7.38 Å². The Hall–Kier alpha value is -0.256. The first-order valence-electron chi connectivity index (χ1n) is 6.55. The molecule has 4 heteroatoms. The van der Waals surface area contributed by atoms with Gasteiger partial charge in [-0.2, -0.15) is 11.1 Å². The largest absolute Gasteiger partial charge is 0.544 e. The fraction of sp³-hybridized carbons (Fsp3) is 0.571. The summed E-state index contributed by atoms with van der Waals surface area (Å²) in [5, 5.41) is 0. The first-order valence-corrected chi connectivity index (χ1v) is 14.2. The minimum atomic E-state index is -1.53. The van der Waals surface area contributed by atoms with Crippen molar-refractivity contribution in [2.75, 3.05) is 0 Å². The van der Waals surface area contributed by atoms with Gasteiger partial charge in [0.05, 0.1) is 0 Å². The van der Waals surface area contributed by atoms with E-state index in [2.05, 4.69) is 63.9 Å². The maximum Gasteiger partial charge on any atom is 0.242 e. The molecule has 1 rings (SSSR count). The molecule has 0 aliphatic heterocycles. The molecule has 1 unspecified atom stereocenters. The zero-order valence-corrected chi connectivity index (χ0v) is 15.1. The summed E-state index contributed by atoms with van der Waals surface area (Å²) in [5.74, 6) is 1.52. The van der Waals surface area contributed by atoms with Crippen LogP contribution in [0.2, 0.25) is 38.8 Å². The van der Waals surface area contributed by atoms with Crippen LogP contribution >= 0.6 is 11.1 Å². The number of rotatable bonds is 5. The van der Waals surface area contributed by atoms with Crippen molar-refractivity contribution >= 4 is 26.8 Å². The Morgan fingerprint density at radius 3 is 2.28 bits per heavy atom. The topological polar surface area (TPSA) is 9.23 Å². The minimum Gasteiger partial charge on any atom is -0.544 e. The van der Waals surface area contributed by atoms with E-state index in [1.165, 1.54) is 5.56 Å². The molecular formula is C14H25ClOSi2. The van der Waals surface area contributed by atoms with Gasteiger partial charge in [0, 0.05) is 0 Å². The monoisotopic (exact) mass is 300 g/mol. The molecule has 0 aliphatic carbocycles. The molecule has 0 radical (unpaired) electrons. The van der Waals surface area contributed by atoms with Gasteiger partial charge in [-0.05, 0) is 49.3 Å². The second-order valence-electron chi connectivity index (χ2n) is 6.61. The standard InChI is InChI=1S/C14H25ClOSi2/c1-12(11-18(5,6)15)13-8-7-9-14(10-13)16-17(2,3)4/h7-10,12H,11H2,1-6H3. The molecule has 18 heavy (non-hydrogen) atoms. The third-order valence-electron chi connectivity index (χ3n) is 2.64. The molecule has 0 saturated heterocycles. The van der Waals surface area contributed by atoms with Crippen LogP contribution < -0.4 is 4.43 Å². The Kier molecular flexibility index (Phi) is 5.09. The van der Waals surface area contributed by atoms with E-state index in [4.69, 9.17) is 15.5 Å². The Labute approximate surface area is 118 Å². The maximum atomic E-state index is 6.44. The molecule has 0 aliphatic rings. The average molecular weight is 301 g/mol. The highest BCUT2D eigenvalue weighted by Gasteiger charge is 2.22. The van der Waals surface area contributed by atoms with E-state index in [9.17, 15) is 0 Å². The molecule has 1 nitrogen and oxygen atoms in total. The van der Waals surface area contributed by atoms with E-state index >= 15 is 0 Å². The van der Waals surface area contributed by atoms with Gasteiger partial charge in [0.2, 0.25) is 8.32 Å². The summed E-state index contributed by atoms with van der Waals surface area (Å²) >= 11 is 6.44. The second-order valence-corrected chi connectivity index (χ2v) is 18.0. The van der Waals surface area contributed by atoms with Crippen molar-refractivity contribution in [3.05, 3.63) is 29.8 Å². The number of halogens is 1. The zero-order valence-electron chi connectivity index (χ0n) is 12.4. The lowest BCUT2D eigenvalue weighted by atomic mass is 10.0. The minimum absolute atomic E-state index is 0.509. The van der Waals surface area contributed by atoms with Crippen molar-refractivity contribution in [3.63, 3.8) is 0 Å². The molecule has 1 aromatic carbocycles. The second kappa shape index (κ2) is 5.80. The summed E-state index contributed by atoms with van der Waals surface area (Å²) in [6.07, 6.45) is 0. The molecule has 0 heterocycles. The molecule has 0 amide bonds. The first kappa shape index (κ1) is 15.8. The van der Waals surface area contributed by atoms with Crippen molar-refractivity contribution in [2.45, 2.75) is 51.6 Å². The first-order chi connectivity index (χ1) is 8.07. The van der Waals surface area contributed by atoms with Crippen LogP contribution in [0.4, 0.5) is 0 Å². The molecule has 0 saturated carbocycles. The predicted molar refractivity (Wildman–Crippen MR) is 87.0 cm³/mol. The van der Waals surface area contributed by atoms with E-state index in [0.717, 1.165) is 11.8 Å². The number of hydrogen-bond donors (Lipinski definition) is 0. The molecule has 0 spiro atoms. The van der Waals surface area contributed by atoms with Crippen LogP contribution in [0.25, 0.3) is 0 Å². The van der Waals surface area contributed by atoms with Crippen LogP contribution in [0.3, 0.4) is 0 Å². The molecular weight excluding hydrogens is 276 g/mol. The third-order valence-corrected chi connectivity index (χ3v) is 5.54. The SMILES string of the molecule is CC(C[Si](C)(C)Cl)c1cccc(O[Si](C)(C)C)c1. The molecule has 0 aromatic heterocycles. The lowest BCUT2D eigenvalue weighted by Gasteiger charge is -2.22. The smallest absolute Gasteiger partial charge is 0.242 e. The Morgan fingerprint density at radius 2 is 1.78 bits per heavy atom. The molecule has 1 aromatic rings. The van der Waals surface area contributed by atoms with Gasteiger partial charge >= 0.3 is 0 Å². The van der Waals surface area contributed by atoms with Gasteiger partial charge in [-0.1, -0.05) is 32.2 Å². The Balaban J connectivity index is 2.82. The molecule has 0 bridgehead atoms. The van der Waals surface area contributed by atoms with E-state index in [0.29, 0.717) is 5.92 Å². The van der Waals surface area contributed by atoms with Crippen LogP contribution in [0, 0.1) is 0 Å². The van der Waals surface area contributed by atoms with Crippen LogP contribution in [-0.4, -0.2) is 15.7 Å². The van der Waals surface area contributed by atoms with Gasteiger partial charge in [0.1, 0.15) is 5.75 Å². The Morgan fingerprint density at radius 1 is 1.17 bits per heavy atom. The highest BCUT2D eigenvalue weighted by Crippen LogP contribution is 2.30. The van der Waals surface area contributed by atoms with Crippen LogP contribution in [0.1, 0.15) is 18.4 Å². The third kappa shape index (κ3) is 6.07. The summed E-state index contributed by atoms with van der Waals surface area (Å²) in [4.78, 5) is 0. The zero-order chi connectivity index (χ0) is 14.0. The maximum absolute atomic E-state index is 6.44. The van der Waals surface area contributed by atoms with E-state index in [1.54, 1.807) is 0 Å². The van der Waals surface area contributed by atoms with Crippen molar-refractivity contribution in [1.29, 1.82) is 0 Å². The van der Waals surface area contributed by atoms with Crippen LogP contribution in [0.5, 0.6) is 5.75 Å². The van der Waals surface area contributed by atoms with Gasteiger partial charge < -0.3 is 4.43 Å². The fourth-order valence-electron chi connectivity index (χ4n) is 2.08. The molecule has 102 valence electrons. The lowest BCUT2D eigenvalue weighted by Crippen LogP contribution is -2.29. The highest BCUT2D eigenvalue weighted by molar-refractivity contribution is 7.19.